The summed E-state index contributed by atoms with van der Waals surface area (Å²) in [4.78, 5) is 43.0. The summed E-state index contributed by atoms with van der Waals surface area (Å²) in [5, 5.41) is 0. The Morgan fingerprint density at radius 1 is 1.06 bits per heavy atom. The summed E-state index contributed by atoms with van der Waals surface area (Å²) >= 11 is 0. The Kier molecular flexibility index (Phi) is 5.94. The lowest BCUT2D eigenvalue weighted by molar-refractivity contribution is -0.139. The summed E-state index contributed by atoms with van der Waals surface area (Å²) in [5.74, 6) is 0.518. The van der Waals surface area contributed by atoms with Crippen LogP contribution < -0.4 is 9.64 Å². The maximum Gasteiger partial charge on any atom is 0.228 e. The molecule has 35 heavy (non-hydrogen) atoms. The second-order valence-electron chi connectivity index (χ2n) is 10.5. The molecule has 0 N–H and O–H groups in total. The topological polar surface area (TPSA) is 66.9 Å². The zero-order chi connectivity index (χ0) is 24.9. The fourth-order valence-electron chi connectivity index (χ4n) is 5.90. The van der Waals surface area contributed by atoms with Crippen LogP contribution >= 0.6 is 0 Å². The van der Waals surface area contributed by atoms with E-state index in [-0.39, 0.29) is 29.9 Å². The molecule has 2 fully saturated rings. The molecule has 1 spiro atoms. The van der Waals surface area contributed by atoms with Gasteiger partial charge < -0.3 is 14.5 Å². The zero-order valence-corrected chi connectivity index (χ0v) is 21.1. The molecule has 2 amide bonds. The van der Waals surface area contributed by atoms with Crippen LogP contribution in [0.4, 0.5) is 5.69 Å². The molecule has 2 aromatic rings. The Morgan fingerprint density at radius 2 is 1.77 bits per heavy atom. The van der Waals surface area contributed by atoms with Crippen LogP contribution in [0, 0.1) is 26.7 Å². The van der Waals surface area contributed by atoms with E-state index < -0.39 is 5.60 Å². The average Bonchev–Trinajstić information content (AvgIpc) is 3.21. The molecular weight excluding hydrogens is 440 g/mol. The SMILES string of the molecule is CCc1cccc(C)c1N1CC(C(=O)N2CCC3(CC2)CC(=O)c2cc(C)c(C)cc2O3)CC1=O. The maximum atomic E-state index is 13.4. The summed E-state index contributed by atoms with van der Waals surface area (Å²) in [6.45, 7) is 9.66. The summed E-state index contributed by atoms with van der Waals surface area (Å²) in [6, 6.07) is 9.99. The minimum Gasteiger partial charge on any atom is -0.486 e. The minimum absolute atomic E-state index is 0.0179. The van der Waals surface area contributed by atoms with Gasteiger partial charge in [-0.1, -0.05) is 25.1 Å². The van der Waals surface area contributed by atoms with Crippen molar-refractivity contribution >= 4 is 23.3 Å². The smallest absolute Gasteiger partial charge is 0.228 e. The summed E-state index contributed by atoms with van der Waals surface area (Å²) < 4.78 is 6.43. The highest BCUT2D eigenvalue weighted by Gasteiger charge is 2.45. The van der Waals surface area contributed by atoms with E-state index in [0.717, 1.165) is 34.4 Å². The van der Waals surface area contributed by atoms with Gasteiger partial charge in [-0.15, -0.1) is 0 Å². The third kappa shape index (κ3) is 4.13. The quantitative estimate of drug-likeness (QED) is 0.654. The number of likely N-dealkylation sites (tertiary alicyclic amines) is 1. The van der Waals surface area contributed by atoms with E-state index in [0.29, 0.717) is 50.2 Å². The van der Waals surface area contributed by atoms with Gasteiger partial charge in [0, 0.05) is 44.6 Å². The van der Waals surface area contributed by atoms with Crippen LogP contribution in [-0.4, -0.2) is 47.7 Å². The molecule has 0 aromatic heterocycles. The number of piperidine rings is 1. The van der Waals surface area contributed by atoms with Crippen molar-refractivity contribution in [3.05, 3.63) is 58.1 Å². The maximum absolute atomic E-state index is 13.4. The molecule has 3 aliphatic rings. The van der Waals surface area contributed by atoms with Gasteiger partial charge in [0.05, 0.1) is 17.9 Å². The molecule has 0 radical (unpaired) electrons. The van der Waals surface area contributed by atoms with Crippen molar-refractivity contribution in [2.24, 2.45) is 5.92 Å². The van der Waals surface area contributed by atoms with Crippen molar-refractivity contribution in [3.8, 4) is 5.75 Å². The van der Waals surface area contributed by atoms with Crippen molar-refractivity contribution in [1.29, 1.82) is 0 Å². The lowest BCUT2D eigenvalue weighted by atomic mass is 9.81. The Bertz CT molecular complexity index is 1210. The summed E-state index contributed by atoms with van der Waals surface area (Å²) in [7, 11) is 0. The number of hydrogen-bond donors (Lipinski definition) is 0. The number of rotatable bonds is 3. The number of carbonyl (C=O) groups is 3. The highest BCUT2D eigenvalue weighted by Crippen LogP contribution is 2.41. The molecule has 0 aliphatic carbocycles. The number of fused-ring (bicyclic) bond motifs is 1. The van der Waals surface area contributed by atoms with Crippen LogP contribution in [0.15, 0.2) is 30.3 Å². The standard InChI is InChI=1S/C29H34N2O4/c1-5-21-8-6-7-18(2)27(21)31-17-22(15-26(31)33)28(34)30-11-9-29(10-12-30)16-24(32)23-13-19(3)20(4)14-25(23)35-29/h6-8,13-14,22H,5,9-12,15-17H2,1-4H3. The van der Waals surface area contributed by atoms with E-state index in [9.17, 15) is 14.4 Å². The lowest BCUT2D eigenvalue weighted by Crippen LogP contribution is -2.53. The summed E-state index contributed by atoms with van der Waals surface area (Å²) in [6.07, 6.45) is 2.69. The number of ketones is 1. The highest BCUT2D eigenvalue weighted by atomic mass is 16.5. The van der Waals surface area contributed by atoms with Crippen molar-refractivity contribution in [2.45, 2.75) is 65.4 Å². The fraction of sp³-hybridized carbons (Fsp3) is 0.483. The van der Waals surface area contributed by atoms with Gasteiger partial charge in [0.1, 0.15) is 11.4 Å². The first-order valence-corrected chi connectivity index (χ1v) is 12.7. The number of anilines is 1. The van der Waals surface area contributed by atoms with Crippen LogP contribution in [0.2, 0.25) is 0 Å². The normalized spacial score (nSPS) is 21.3. The van der Waals surface area contributed by atoms with Gasteiger partial charge >= 0.3 is 0 Å². The number of Topliss-reactive ketones (excluding diaryl/α,β-unsaturated/α-hetero) is 1. The van der Waals surface area contributed by atoms with Crippen LogP contribution in [0.5, 0.6) is 5.75 Å². The minimum atomic E-state index is -0.544. The molecule has 184 valence electrons. The van der Waals surface area contributed by atoms with E-state index in [1.807, 2.05) is 54.8 Å². The lowest BCUT2D eigenvalue weighted by Gasteiger charge is -2.44. The predicted molar refractivity (Wildman–Crippen MR) is 135 cm³/mol. The van der Waals surface area contributed by atoms with Crippen LogP contribution in [-0.2, 0) is 16.0 Å². The molecule has 3 heterocycles. The van der Waals surface area contributed by atoms with Crippen LogP contribution in [0.25, 0.3) is 0 Å². The first-order chi connectivity index (χ1) is 16.7. The van der Waals surface area contributed by atoms with Gasteiger partial charge in [-0.05, 0) is 61.6 Å². The van der Waals surface area contributed by atoms with E-state index in [2.05, 4.69) is 13.0 Å². The van der Waals surface area contributed by atoms with Crippen molar-refractivity contribution in [2.75, 3.05) is 24.5 Å². The third-order valence-electron chi connectivity index (χ3n) is 8.14. The second-order valence-corrected chi connectivity index (χ2v) is 10.5. The Labute approximate surface area is 207 Å². The van der Waals surface area contributed by atoms with Crippen molar-refractivity contribution in [1.82, 2.24) is 4.90 Å². The molecule has 2 aromatic carbocycles. The molecule has 2 saturated heterocycles. The number of amides is 2. The monoisotopic (exact) mass is 474 g/mol. The molecule has 6 nitrogen and oxygen atoms in total. The fourth-order valence-corrected chi connectivity index (χ4v) is 5.90. The number of aryl methyl sites for hydroxylation is 4. The van der Waals surface area contributed by atoms with Gasteiger partial charge in [-0.3, -0.25) is 14.4 Å². The molecule has 1 unspecified atom stereocenters. The van der Waals surface area contributed by atoms with Gasteiger partial charge in [0.25, 0.3) is 0 Å². The van der Waals surface area contributed by atoms with E-state index >= 15 is 0 Å². The summed E-state index contributed by atoms with van der Waals surface area (Å²) in [5.41, 5.74) is 5.49. The molecule has 1 atom stereocenters. The van der Waals surface area contributed by atoms with Gasteiger partial charge in [-0.25, -0.2) is 0 Å². The third-order valence-corrected chi connectivity index (χ3v) is 8.14. The number of hydrogen-bond acceptors (Lipinski definition) is 4. The first kappa shape index (κ1) is 23.6. The molecular formula is C29H34N2O4. The molecule has 6 heteroatoms. The van der Waals surface area contributed by atoms with E-state index in [1.165, 1.54) is 0 Å². The first-order valence-electron chi connectivity index (χ1n) is 12.7. The van der Waals surface area contributed by atoms with Crippen LogP contribution in [0.1, 0.15) is 65.2 Å². The van der Waals surface area contributed by atoms with Gasteiger partial charge in [0.15, 0.2) is 5.78 Å². The number of para-hydroxylation sites is 1. The number of benzene rings is 2. The number of carbonyl (C=O) groups excluding carboxylic acids is 3. The largest absolute Gasteiger partial charge is 0.486 e. The Balaban J connectivity index is 1.27. The molecule has 0 saturated carbocycles. The molecule has 0 bridgehead atoms. The van der Waals surface area contributed by atoms with Crippen molar-refractivity contribution in [3.63, 3.8) is 0 Å². The number of ether oxygens (including phenoxy) is 1. The zero-order valence-electron chi connectivity index (χ0n) is 21.1. The van der Waals surface area contributed by atoms with Crippen molar-refractivity contribution < 1.29 is 19.1 Å². The van der Waals surface area contributed by atoms with Crippen LogP contribution in [0.3, 0.4) is 0 Å². The Morgan fingerprint density at radius 3 is 2.49 bits per heavy atom. The average molecular weight is 475 g/mol. The van der Waals surface area contributed by atoms with E-state index in [1.54, 1.807) is 0 Å². The Hall–Kier alpha value is -3.15. The predicted octanol–water partition coefficient (Wildman–Crippen LogP) is 4.55. The molecule has 3 aliphatic heterocycles. The van der Waals surface area contributed by atoms with E-state index in [4.69, 9.17) is 4.74 Å². The van der Waals surface area contributed by atoms with Gasteiger partial charge in [-0.2, -0.15) is 0 Å². The van der Waals surface area contributed by atoms with Gasteiger partial charge in [0.2, 0.25) is 11.8 Å². The molecule has 5 rings (SSSR count). The highest BCUT2D eigenvalue weighted by molar-refractivity contribution is 6.02. The second kappa shape index (κ2) is 8.81. The number of nitrogens with zero attached hydrogens (tertiary/aromatic N) is 2.